The van der Waals surface area contributed by atoms with Crippen molar-refractivity contribution in [2.45, 2.75) is 115 Å². The maximum Gasteiger partial charge on any atom is 0.229 e. The zero-order valence-corrected chi connectivity index (χ0v) is 39.4. The summed E-state index contributed by atoms with van der Waals surface area (Å²) in [5.74, 6) is 3.11. The second kappa shape index (κ2) is 18.0. The first-order valence-corrected chi connectivity index (χ1v) is 23.3. The van der Waals surface area contributed by atoms with Gasteiger partial charge in [0.1, 0.15) is 24.5 Å². The summed E-state index contributed by atoms with van der Waals surface area (Å²) in [7, 11) is 8.38. The number of aromatic nitrogens is 16. The molecule has 0 spiro atoms. The number of aliphatic hydroxyl groups is 2. The lowest BCUT2D eigenvalue weighted by molar-refractivity contribution is -0.0384. The number of likely N-dealkylation sites (N-methyl/N-ethyl adjacent to an activating group) is 2. The summed E-state index contributed by atoms with van der Waals surface area (Å²) in [6.07, 6.45) is 1.56. The van der Waals surface area contributed by atoms with Gasteiger partial charge in [-0.1, -0.05) is 13.8 Å². The van der Waals surface area contributed by atoms with Crippen LogP contribution in [0.15, 0.2) is 12.7 Å². The van der Waals surface area contributed by atoms with Gasteiger partial charge < -0.3 is 49.9 Å². The zero-order valence-electron chi connectivity index (χ0n) is 39.4. The summed E-state index contributed by atoms with van der Waals surface area (Å²) in [5.41, 5.74) is 1.92. The number of aryl methyl sites for hydroxylation is 2. The third kappa shape index (κ3) is 8.69. The Balaban J connectivity index is 0.910. The molecule has 0 amide bonds. The predicted octanol–water partition coefficient (Wildman–Crippen LogP) is 0.852. The maximum absolute atomic E-state index is 11.4. The van der Waals surface area contributed by atoms with E-state index in [9.17, 15) is 10.2 Å². The minimum Gasteiger partial charge on any atom is -0.387 e. The van der Waals surface area contributed by atoms with Gasteiger partial charge in [0, 0.05) is 51.4 Å². The molecular weight excluding hydrogens is 865 g/mol. The van der Waals surface area contributed by atoms with E-state index in [1.54, 1.807) is 22.0 Å². The molecule has 67 heavy (non-hydrogen) atoms. The van der Waals surface area contributed by atoms with E-state index < -0.39 is 24.5 Å². The molecule has 360 valence electrons. The Morgan fingerprint density at radius 2 is 1.22 bits per heavy atom. The van der Waals surface area contributed by atoms with Crippen LogP contribution in [0.5, 0.6) is 0 Å². The molecule has 6 aromatic heterocycles. The fourth-order valence-electron chi connectivity index (χ4n) is 9.27. The highest BCUT2D eigenvalue weighted by atomic mass is 16.6. The van der Waals surface area contributed by atoms with E-state index >= 15 is 0 Å². The average Bonchev–Trinajstić information content (AvgIpc) is 4.16. The summed E-state index contributed by atoms with van der Waals surface area (Å²) in [6, 6.07) is 0.721. The second-order valence-electron chi connectivity index (χ2n) is 19.2. The highest BCUT2D eigenvalue weighted by molar-refractivity contribution is 5.85. The molecule has 4 fully saturated rings. The molecule has 0 aromatic carbocycles. The Labute approximate surface area is 387 Å². The minimum absolute atomic E-state index is 0.186. The lowest BCUT2D eigenvalue weighted by Crippen LogP contribution is -2.33. The minimum atomic E-state index is -1.32. The molecule has 4 aliphatic rings. The zero-order chi connectivity index (χ0) is 46.7. The highest BCUT2D eigenvalue weighted by Crippen LogP contribution is 2.41. The molecule has 0 aliphatic carbocycles. The molecule has 0 bridgehead atoms. The third-order valence-corrected chi connectivity index (χ3v) is 13.5. The van der Waals surface area contributed by atoms with Gasteiger partial charge in [-0.05, 0) is 83.6 Å². The number of ether oxygens (including phenoxy) is 2. The number of nitrogens with zero attached hydrogens (tertiary/aromatic N) is 20. The number of rotatable bonds is 16. The number of tetrazole rings is 2. The number of hydrogen-bond acceptors (Lipinski definition) is 22. The van der Waals surface area contributed by atoms with E-state index in [1.165, 1.54) is 4.80 Å². The Hall–Kier alpha value is -5.80. The van der Waals surface area contributed by atoms with E-state index in [0.717, 1.165) is 51.9 Å². The van der Waals surface area contributed by atoms with Crippen LogP contribution in [0.4, 0.5) is 23.5 Å². The molecule has 6 aromatic rings. The normalized spacial score (nSPS) is 25.9. The number of aliphatic hydroxyl groups excluding tert-OH is 2. The van der Waals surface area contributed by atoms with Gasteiger partial charge >= 0.3 is 0 Å². The predicted molar refractivity (Wildman–Crippen MR) is 244 cm³/mol. The lowest BCUT2D eigenvalue weighted by atomic mass is 9.93. The number of imidazole rings is 2. The van der Waals surface area contributed by atoms with Gasteiger partial charge in [0.05, 0.1) is 25.7 Å². The quantitative estimate of drug-likeness (QED) is 0.105. The van der Waals surface area contributed by atoms with Crippen LogP contribution in [0, 0.1) is 5.41 Å². The van der Waals surface area contributed by atoms with Crippen molar-refractivity contribution in [2.75, 3.05) is 87.9 Å². The van der Waals surface area contributed by atoms with E-state index in [0.29, 0.717) is 89.9 Å². The van der Waals surface area contributed by atoms with Crippen molar-refractivity contribution in [3.05, 3.63) is 24.3 Å². The van der Waals surface area contributed by atoms with Crippen LogP contribution in [0.25, 0.3) is 22.3 Å². The Bertz CT molecular complexity index is 2680. The summed E-state index contributed by atoms with van der Waals surface area (Å²) >= 11 is 0. The maximum atomic E-state index is 11.4. The van der Waals surface area contributed by atoms with Crippen LogP contribution in [-0.4, -0.2) is 191 Å². The van der Waals surface area contributed by atoms with Gasteiger partial charge in [0.15, 0.2) is 46.3 Å². The van der Waals surface area contributed by atoms with Gasteiger partial charge in [-0.25, -0.2) is 9.97 Å². The molecule has 4 saturated heterocycles. The first-order chi connectivity index (χ1) is 32.3. The summed E-state index contributed by atoms with van der Waals surface area (Å²) in [4.78, 5) is 41.8. The van der Waals surface area contributed by atoms with Crippen LogP contribution in [-0.2, 0) is 22.6 Å². The molecule has 0 saturated carbocycles. The van der Waals surface area contributed by atoms with Gasteiger partial charge in [-0.2, -0.15) is 29.5 Å². The van der Waals surface area contributed by atoms with E-state index in [1.807, 2.05) is 18.4 Å². The number of anilines is 4. The van der Waals surface area contributed by atoms with E-state index in [-0.39, 0.29) is 23.6 Å². The Morgan fingerprint density at radius 1 is 0.687 bits per heavy atom. The van der Waals surface area contributed by atoms with Crippen LogP contribution in [0.3, 0.4) is 0 Å². The first kappa shape index (κ1) is 45.0. The largest absolute Gasteiger partial charge is 0.387 e. The molecule has 0 radical (unpaired) electrons. The van der Waals surface area contributed by atoms with Gasteiger partial charge in [-0.15, -0.1) is 20.4 Å². The molecule has 0 unspecified atom stereocenters. The van der Waals surface area contributed by atoms with Crippen molar-refractivity contribution in [3.63, 3.8) is 0 Å². The number of hydrogen-bond donors (Lipinski definition) is 4. The van der Waals surface area contributed by atoms with E-state index in [2.05, 4.69) is 103 Å². The van der Waals surface area contributed by atoms with Gasteiger partial charge in [0.2, 0.25) is 23.5 Å². The van der Waals surface area contributed by atoms with E-state index in [4.69, 9.17) is 39.4 Å². The third-order valence-electron chi connectivity index (χ3n) is 13.5. The number of fused-ring (bicyclic) bond motifs is 2. The van der Waals surface area contributed by atoms with Crippen LogP contribution in [0.2, 0.25) is 0 Å². The smallest absolute Gasteiger partial charge is 0.229 e. The summed E-state index contributed by atoms with van der Waals surface area (Å²) in [5, 5.41) is 55.1. The van der Waals surface area contributed by atoms with Crippen molar-refractivity contribution in [1.82, 2.24) is 89.3 Å². The van der Waals surface area contributed by atoms with Crippen molar-refractivity contribution in [1.29, 1.82) is 0 Å². The molecular formula is C41H62N22O4. The van der Waals surface area contributed by atoms with Crippen molar-refractivity contribution < 1.29 is 19.7 Å². The van der Waals surface area contributed by atoms with Gasteiger partial charge in [0.25, 0.3) is 0 Å². The van der Waals surface area contributed by atoms with Gasteiger partial charge in [-0.3, -0.25) is 9.13 Å². The molecule has 26 heteroatoms. The van der Waals surface area contributed by atoms with Crippen LogP contribution >= 0.6 is 0 Å². The van der Waals surface area contributed by atoms with Crippen molar-refractivity contribution in [2.24, 2.45) is 5.41 Å². The summed E-state index contributed by atoms with van der Waals surface area (Å²) < 4.78 is 16.5. The second-order valence-corrected chi connectivity index (χ2v) is 19.2. The molecule has 10 rings (SSSR count). The fourth-order valence-corrected chi connectivity index (χ4v) is 9.27. The number of nitrogens with one attached hydrogen (secondary N) is 2. The standard InChI is InChI=1S/C41H62N22O4/c1-9-62-52-32(50-54-62)25-11-12-26(66-25)60-21-44-27-33(46-39(48-36(27)60)58-15-13-23(17-58)56(5)6)42-19-41(3,4)20-43-34-28-37(49-40(47-34)59-16-14-24(18-59)57(7)8)61(22-45-28)38-30(65)29(64)31(67-38)35-51-55-63(10-2)53-35/h21-26,29-31,38,64-65H,9-20H2,1-8H3,(H,42,46,48)(H,43,47,49)/t23-,24-,25+,26-,29+,30-,31+,38-/m1/s1. The monoisotopic (exact) mass is 927 g/mol. The topological polar surface area (TPSA) is 270 Å². The molecule has 4 N–H and O–H groups in total. The highest BCUT2D eigenvalue weighted by Gasteiger charge is 2.47. The Morgan fingerprint density at radius 3 is 1.76 bits per heavy atom. The van der Waals surface area contributed by atoms with Crippen LogP contribution in [0.1, 0.15) is 89.7 Å². The van der Waals surface area contributed by atoms with Crippen LogP contribution < -0.4 is 20.4 Å². The summed E-state index contributed by atoms with van der Waals surface area (Å²) in [6.45, 7) is 13.5. The average molecular weight is 927 g/mol. The lowest BCUT2D eigenvalue weighted by Gasteiger charge is -2.27. The molecule has 8 atom stereocenters. The Kier molecular flexibility index (Phi) is 12.1. The molecule has 10 heterocycles. The SMILES string of the molecule is CCn1nnc([C@@H]2CC[C@H](n3cnc4c(NCC(C)(C)CNc5nc(N6CC[C@@H](N(C)C)C6)nc6c5ncn6[C@@H]5O[C@H](c6nnn(CC)n6)[C@@H](O)[C@H]5O)nc(N5CC[C@@H](N(C)C)C5)nc43)O2)n1. The van der Waals surface area contributed by atoms with Crippen molar-refractivity contribution in [3.8, 4) is 0 Å². The van der Waals surface area contributed by atoms with Crippen molar-refractivity contribution >= 4 is 45.9 Å². The first-order valence-electron chi connectivity index (χ1n) is 23.3. The molecule has 26 nitrogen and oxygen atoms in total. The molecule has 4 aliphatic heterocycles. The fraction of sp³-hybridized carbons (Fsp3) is 0.707.